The highest BCUT2D eigenvalue weighted by Gasteiger charge is 2.19. The SMILES string of the molecule is ClCC(Cc1ccc(Cl)cc1)CC1CCOCC1. The van der Waals surface area contributed by atoms with Gasteiger partial charge in [-0.25, -0.2) is 0 Å². The van der Waals surface area contributed by atoms with Crippen molar-refractivity contribution in [3.63, 3.8) is 0 Å². The van der Waals surface area contributed by atoms with Crippen molar-refractivity contribution >= 4 is 23.2 Å². The van der Waals surface area contributed by atoms with Gasteiger partial charge in [-0.15, -0.1) is 11.6 Å². The van der Waals surface area contributed by atoms with Crippen molar-refractivity contribution in [2.45, 2.75) is 25.7 Å². The number of rotatable bonds is 5. The van der Waals surface area contributed by atoms with Gasteiger partial charge < -0.3 is 4.74 Å². The summed E-state index contributed by atoms with van der Waals surface area (Å²) in [6, 6.07) is 8.12. The van der Waals surface area contributed by atoms with Crippen molar-refractivity contribution in [3.8, 4) is 0 Å². The van der Waals surface area contributed by atoms with Gasteiger partial charge in [0.1, 0.15) is 0 Å². The lowest BCUT2D eigenvalue weighted by Gasteiger charge is -2.25. The topological polar surface area (TPSA) is 9.23 Å². The van der Waals surface area contributed by atoms with Gasteiger partial charge in [0, 0.05) is 24.1 Å². The zero-order valence-corrected chi connectivity index (χ0v) is 12.1. The van der Waals surface area contributed by atoms with Crippen LogP contribution in [0.25, 0.3) is 0 Å². The Labute approximate surface area is 119 Å². The first-order valence-corrected chi connectivity index (χ1v) is 7.57. The van der Waals surface area contributed by atoms with Gasteiger partial charge in [0.25, 0.3) is 0 Å². The van der Waals surface area contributed by atoms with Gasteiger partial charge in [-0.3, -0.25) is 0 Å². The van der Waals surface area contributed by atoms with Gasteiger partial charge in [0.05, 0.1) is 0 Å². The Bertz CT molecular complexity index is 344. The molecular formula is C15H20Cl2O. The van der Waals surface area contributed by atoms with Crippen LogP contribution in [0.5, 0.6) is 0 Å². The van der Waals surface area contributed by atoms with Crippen LogP contribution in [0.2, 0.25) is 5.02 Å². The maximum absolute atomic E-state index is 6.11. The number of hydrogen-bond acceptors (Lipinski definition) is 1. The maximum atomic E-state index is 6.11. The van der Waals surface area contributed by atoms with Gasteiger partial charge in [-0.1, -0.05) is 23.7 Å². The Hall–Kier alpha value is -0.240. The molecule has 1 atom stereocenters. The van der Waals surface area contributed by atoms with Crippen LogP contribution in [-0.4, -0.2) is 19.1 Å². The van der Waals surface area contributed by atoms with E-state index in [2.05, 4.69) is 12.1 Å². The molecule has 0 amide bonds. The molecule has 18 heavy (non-hydrogen) atoms. The molecule has 0 spiro atoms. The molecular weight excluding hydrogens is 267 g/mol. The standard InChI is InChI=1S/C15H20Cl2O/c16-11-14(10-13-5-7-18-8-6-13)9-12-1-3-15(17)4-2-12/h1-4,13-14H,5-11H2. The van der Waals surface area contributed by atoms with Crippen LogP contribution in [-0.2, 0) is 11.2 Å². The highest BCUT2D eigenvalue weighted by molar-refractivity contribution is 6.30. The third kappa shape index (κ3) is 4.46. The lowest BCUT2D eigenvalue weighted by Crippen LogP contribution is -2.20. The van der Waals surface area contributed by atoms with Crippen LogP contribution in [0.3, 0.4) is 0 Å². The van der Waals surface area contributed by atoms with E-state index in [0.29, 0.717) is 5.92 Å². The normalized spacial score (nSPS) is 18.8. The molecule has 100 valence electrons. The summed E-state index contributed by atoms with van der Waals surface area (Å²) in [5.74, 6) is 2.09. The average Bonchev–Trinajstić information content (AvgIpc) is 2.41. The Kier molecular flexibility index (Phi) is 5.81. The smallest absolute Gasteiger partial charge is 0.0468 e. The quantitative estimate of drug-likeness (QED) is 0.722. The molecule has 3 heteroatoms. The molecule has 1 aromatic carbocycles. The third-order valence-electron chi connectivity index (χ3n) is 3.66. The maximum Gasteiger partial charge on any atom is 0.0468 e. The lowest BCUT2D eigenvalue weighted by atomic mass is 9.86. The van der Waals surface area contributed by atoms with Crippen molar-refractivity contribution in [1.82, 2.24) is 0 Å². The van der Waals surface area contributed by atoms with E-state index in [0.717, 1.165) is 36.5 Å². The van der Waals surface area contributed by atoms with Crippen LogP contribution >= 0.6 is 23.2 Å². The van der Waals surface area contributed by atoms with Crippen molar-refractivity contribution < 1.29 is 4.74 Å². The van der Waals surface area contributed by atoms with Crippen molar-refractivity contribution in [2.75, 3.05) is 19.1 Å². The van der Waals surface area contributed by atoms with Crippen LogP contribution in [0.4, 0.5) is 0 Å². The number of benzene rings is 1. The van der Waals surface area contributed by atoms with Crippen LogP contribution < -0.4 is 0 Å². The van der Waals surface area contributed by atoms with E-state index in [4.69, 9.17) is 27.9 Å². The molecule has 0 aromatic heterocycles. The van der Waals surface area contributed by atoms with E-state index < -0.39 is 0 Å². The van der Waals surface area contributed by atoms with E-state index in [-0.39, 0.29) is 0 Å². The molecule has 0 saturated carbocycles. The van der Waals surface area contributed by atoms with E-state index in [1.54, 1.807) is 0 Å². The largest absolute Gasteiger partial charge is 0.381 e. The average molecular weight is 287 g/mol. The highest BCUT2D eigenvalue weighted by Crippen LogP contribution is 2.26. The minimum atomic E-state index is 0.566. The molecule has 0 aliphatic carbocycles. The molecule has 1 unspecified atom stereocenters. The fourth-order valence-electron chi connectivity index (χ4n) is 2.61. The molecule has 1 aliphatic rings. The predicted molar refractivity (Wildman–Crippen MR) is 77.5 cm³/mol. The second-order valence-corrected chi connectivity index (χ2v) is 5.89. The van der Waals surface area contributed by atoms with Gasteiger partial charge >= 0.3 is 0 Å². The van der Waals surface area contributed by atoms with Crippen molar-refractivity contribution in [2.24, 2.45) is 11.8 Å². The number of ether oxygens (including phenoxy) is 1. The summed E-state index contributed by atoms with van der Waals surface area (Å²) < 4.78 is 5.40. The van der Waals surface area contributed by atoms with E-state index in [1.807, 2.05) is 12.1 Å². The minimum absolute atomic E-state index is 0.566. The van der Waals surface area contributed by atoms with Gasteiger partial charge in [0.2, 0.25) is 0 Å². The monoisotopic (exact) mass is 286 g/mol. The molecule has 1 aromatic rings. The van der Waals surface area contributed by atoms with Crippen LogP contribution in [0.1, 0.15) is 24.8 Å². The molecule has 1 nitrogen and oxygen atoms in total. The molecule has 0 N–H and O–H groups in total. The molecule has 1 fully saturated rings. The Balaban J connectivity index is 1.86. The summed E-state index contributed by atoms with van der Waals surface area (Å²) in [5, 5.41) is 0.797. The number of alkyl halides is 1. The zero-order valence-electron chi connectivity index (χ0n) is 10.6. The first kappa shape index (κ1) is 14.2. The van der Waals surface area contributed by atoms with E-state index >= 15 is 0 Å². The molecule has 1 heterocycles. The Morgan fingerprint density at radius 3 is 2.44 bits per heavy atom. The first-order valence-electron chi connectivity index (χ1n) is 6.66. The van der Waals surface area contributed by atoms with Crippen molar-refractivity contribution in [3.05, 3.63) is 34.9 Å². The fraction of sp³-hybridized carbons (Fsp3) is 0.600. The van der Waals surface area contributed by atoms with E-state index in [9.17, 15) is 0 Å². The van der Waals surface area contributed by atoms with Gasteiger partial charge in [-0.2, -0.15) is 0 Å². The molecule has 1 saturated heterocycles. The van der Waals surface area contributed by atoms with Crippen LogP contribution in [0, 0.1) is 11.8 Å². The van der Waals surface area contributed by atoms with E-state index in [1.165, 1.54) is 24.8 Å². The first-order chi connectivity index (χ1) is 8.78. The van der Waals surface area contributed by atoms with Gasteiger partial charge in [-0.05, 0) is 55.2 Å². The molecule has 0 radical (unpaired) electrons. The third-order valence-corrected chi connectivity index (χ3v) is 4.35. The second kappa shape index (κ2) is 7.37. The second-order valence-electron chi connectivity index (χ2n) is 5.14. The number of hydrogen-bond donors (Lipinski definition) is 0. The molecule has 2 rings (SSSR count). The van der Waals surface area contributed by atoms with Gasteiger partial charge in [0.15, 0.2) is 0 Å². The minimum Gasteiger partial charge on any atom is -0.381 e. The Morgan fingerprint density at radius 2 is 1.83 bits per heavy atom. The summed E-state index contributed by atoms with van der Waals surface area (Å²) in [6.45, 7) is 1.83. The molecule has 1 aliphatic heterocycles. The summed E-state index contributed by atoms with van der Waals surface area (Å²) in [5.41, 5.74) is 1.33. The summed E-state index contributed by atoms with van der Waals surface area (Å²) in [4.78, 5) is 0. The lowest BCUT2D eigenvalue weighted by molar-refractivity contribution is 0.0595. The number of halogens is 2. The predicted octanol–water partition coefficient (Wildman–Crippen LogP) is 4.55. The summed E-state index contributed by atoms with van der Waals surface area (Å²) >= 11 is 12.0. The highest BCUT2D eigenvalue weighted by atomic mass is 35.5. The fourth-order valence-corrected chi connectivity index (χ4v) is 2.97. The van der Waals surface area contributed by atoms with Crippen LogP contribution in [0.15, 0.2) is 24.3 Å². The zero-order chi connectivity index (χ0) is 12.8. The molecule has 0 bridgehead atoms. The summed E-state index contributed by atoms with van der Waals surface area (Å²) in [7, 11) is 0. The van der Waals surface area contributed by atoms with Crippen molar-refractivity contribution in [1.29, 1.82) is 0 Å². The summed E-state index contributed by atoms with van der Waals surface area (Å²) in [6.07, 6.45) is 4.65. The Morgan fingerprint density at radius 1 is 1.17 bits per heavy atom.